The van der Waals surface area contributed by atoms with E-state index < -0.39 is 0 Å². The highest BCUT2D eigenvalue weighted by Crippen LogP contribution is 2.12. The van der Waals surface area contributed by atoms with Gasteiger partial charge in [-0.25, -0.2) is 0 Å². The molecule has 0 aromatic heterocycles. The molecule has 0 aromatic carbocycles. The highest BCUT2D eigenvalue weighted by Gasteiger charge is 2.13. The minimum Gasteiger partial charge on any atom is -0.300 e. The number of ketones is 1. The molecule has 1 unspecified atom stereocenters. The van der Waals surface area contributed by atoms with Crippen molar-refractivity contribution in [2.45, 2.75) is 39.5 Å². The average Bonchev–Trinajstić information content (AvgIpc) is 2.17. The second kappa shape index (κ2) is 6.78. The van der Waals surface area contributed by atoms with Crippen LogP contribution in [0.15, 0.2) is 12.2 Å². The molecule has 15 heavy (non-hydrogen) atoms. The fourth-order valence-corrected chi connectivity index (χ4v) is 1.91. The van der Waals surface area contributed by atoms with E-state index in [-0.39, 0.29) is 5.92 Å². The van der Waals surface area contributed by atoms with E-state index in [0.717, 1.165) is 25.8 Å². The van der Waals surface area contributed by atoms with Crippen LogP contribution >= 0.6 is 0 Å². The molecule has 0 amide bonds. The summed E-state index contributed by atoms with van der Waals surface area (Å²) in [6.45, 7) is 7.59. The van der Waals surface area contributed by atoms with Crippen molar-refractivity contribution in [2.24, 2.45) is 5.92 Å². The molecule has 1 fully saturated rings. The van der Waals surface area contributed by atoms with Gasteiger partial charge in [0.05, 0.1) is 0 Å². The lowest BCUT2D eigenvalue weighted by Crippen LogP contribution is -2.37. The first-order chi connectivity index (χ1) is 7.27. The predicted octanol–water partition coefficient (Wildman–Crippen LogP) is 2.64. The van der Waals surface area contributed by atoms with Crippen molar-refractivity contribution < 1.29 is 4.79 Å². The highest BCUT2D eigenvalue weighted by atomic mass is 16.1. The van der Waals surface area contributed by atoms with Crippen LogP contribution in [0.4, 0.5) is 0 Å². The SMILES string of the molecule is CCCC(CC)C(=O)/C=C/CN1CCC1. The van der Waals surface area contributed by atoms with Crippen LogP contribution < -0.4 is 0 Å². The van der Waals surface area contributed by atoms with Gasteiger partial charge in [-0.05, 0) is 38.4 Å². The van der Waals surface area contributed by atoms with Crippen molar-refractivity contribution in [3.8, 4) is 0 Å². The number of rotatable bonds is 7. The largest absolute Gasteiger partial charge is 0.300 e. The Morgan fingerprint density at radius 1 is 1.40 bits per heavy atom. The summed E-state index contributed by atoms with van der Waals surface area (Å²) in [4.78, 5) is 14.1. The Morgan fingerprint density at radius 3 is 2.60 bits per heavy atom. The minimum absolute atomic E-state index is 0.252. The lowest BCUT2D eigenvalue weighted by atomic mass is 9.95. The molecule has 1 atom stereocenters. The van der Waals surface area contributed by atoms with Gasteiger partial charge in [0, 0.05) is 12.5 Å². The highest BCUT2D eigenvalue weighted by molar-refractivity contribution is 5.91. The van der Waals surface area contributed by atoms with E-state index in [2.05, 4.69) is 18.7 Å². The van der Waals surface area contributed by atoms with Gasteiger partial charge in [0.15, 0.2) is 5.78 Å². The van der Waals surface area contributed by atoms with E-state index in [4.69, 9.17) is 0 Å². The second-order valence-corrected chi connectivity index (χ2v) is 4.35. The molecule has 0 aliphatic carbocycles. The number of carbonyl (C=O) groups is 1. The van der Waals surface area contributed by atoms with Crippen LogP contribution in [0.2, 0.25) is 0 Å². The molecule has 0 bridgehead atoms. The summed E-state index contributed by atoms with van der Waals surface area (Å²) in [5.74, 6) is 0.572. The van der Waals surface area contributed by atoms with Gasteiger partial charge in [0.2, 0.25) is 0 Å². The Labute approximate surface area is 93.3 Å². The maximum absolute atomic E-state index is 11.7. The topological polar surface area (TPSA) is 20.3 Å². The van der Waals surface area contributed by atoms with E-state index in [1.807, 2.05) is 6.08 Å². The normalized spacial score (nSPS) is 19.1. The molecule has 0 N–H and O–H groups in total. The summed E-state index contributed by atoms with van der Waals surface area (Å²) in [7, 11) is 0. The summed E-state index contributed by atoms with van der Waals surface area (Å²) in [6.07, 6.45) is 8.24. The zero-order valence-electron chi connectivity index (χ0n) is 10.0. The Bertz CT molecular complexity index is 219. The predicted molar refractivity (Wildman–Crippen MR) is 63.9 cm³/mol. The van der Waals surface area contributed by atoms with Crippen LogP contribution in [0.25, 0.3) is 0 Å². The molecule has 1 rings (SSSR count). The monoisotopic (exact) mass is 209 g/mol. The van der Waals surface area contributed by atoms with Gasteiger partial charge in [0.25, 0.3) is 0 Å². The number of hydrogen-bond donors (Lipinski definition) is 0. The second-order valence-electron chi connectivity index (χ2n) is 4.35. The first-order valence-corrected chi connectivity index (χ1v) is 6.20. The van der Waals surface area contributed by atoms with Gasteiger partial charge in [0.1, 0.15) is 0 Å². The molecule has 86 valence electrons. The van der Waals surface area contributed by atoms with Crippen molar-refractivity contribution >= 4 is 5.78 Å². The fourth-order valence-electron chi connectivity index (χ4n) is 1.91. The smallest absolute Gasteiger partial charge is 0.158 e. The summed E-state index contributed by atoms with van der Waals surface area (Å²) >= 11 is 0. The molecule has 2 nitrogen and oxygen atoms in total. The third-order valence-electron chi connectivity index (χ3n) is 3.13. The first-order valence-electron chi connectivity index (χ1n) is 6.20. The van der Waals surface area contributed by atoms with Crippen LogP contribution in [0.3, 0.4) is 0 Å². The van der Waals surface area contributed by atoms with Gasteiger partial charge in [-0.1, -0.05) is 26.3 Å². The first kappa shape index (κ1) is 12.4. The van der Waals surface area contributed by atoms with E-state index >= 15 is 0 Å². The molecule has 0 saturated carbocycles. The molecule has 1 aliphatic rings. The van der Waals surface area contributed by atoms with Gasteiger partial charge in [-0.3, -0.25) is 9.69 Å². The van der Waals surface area contributed by atoms with Gasteiger partial charge >= 0.3 is 0 Å². The van der Waals surface area contributed by atoms with E-state index in [9.17, 15) is 4.79 Å². The molecule has 1 aliphatic heterocycles. The third-order valence-corrected chi connectivity index (χ3v) is 3.13. The number of hydrogen-bond acceptors (Lipinski definition) is 2. The fraction of sp³-hybridized carbons (Fsp3) is 0.769. The van der Waals surface area contributed by atoms with Crippen molar-refractivity contribution in [1.29, 1.82) is 0 Å². The standard InChI is InChI=1S/C13H23NO/c1-3-7-12(4-2)13(15)8-5-9-14-10-6-11-14/h5,8,12H,3-4,6-7,9-11H2,1-2H3/b8-5+. The van der Waals surface area contributed by atoms with Gasteiger partial charge in [-0.15, -0.1) is 0 Å². The third kappa shape index (κ3) is 4.17. The molecular formula is C13H23NO. The maximum atomic E-state index is 11.7. The maximum Gasteiger partial charge on any atom is 0.158 e. The van der Waals surface area contributed by atoms with Crippen LogP contribution in [-0.4, -0.2) is 30.3 Å². The number of likely N-dealkylation sites (tertiary alicyclic amines) is 1. The van der Waals surface area contributed by atoms with Crippen LogP contribution in [-0.2, 0) is 4.79 Å². The van der Waals surface area contributed by atoms with Gasteiger partial charge in [-0.2, -0.15) is 0 Å². The zero-order valence-corrected chi connectivity index (χ0v) is 10.0. The van der Waals surface area contributed by atoms with Crippen molar-refractivity contribution in [2.75, 3.05) is 19.6 Å². The van der Waals surface area contributed by atoms with Crippen LogP contribution in [0, 0.1) is 5.92 Å². The molecule has 1 saturated heterocycles. The zero-order chi connectivity index (χ0) is 11.1. The van der Waals surface area contributed by atoms with E-state index in [0.29, 0.717) is 5.78 Å². The molecule has 0 aromatic rings. The molecule has 1 heterocycles. The van der Waals surface area contributed by atoms with Crippen LogP contribution in [0.5, 0.6) is 0 Å². The lowest BCUT2D eigenvalue weighted by molar-refractivity contribution is -0.118. The van der Waals surface area contributed by atoms with E-state index in [1.54, 1.807) is 6.08 Å². The minimum atomic E-state index is 0.252. The number of carbonyl (C=O) groups excluding carboxylic acids is 1. The van der Waals surface area contributed by atoms with Gasteiger partial charge < -0.3 is 0 Å². The molecule has 0 spiro atoms. The number of allylic oxidation sites excluding steroid dienone is 1. The molecule has 2 heteroatoms. The summed E-state index contributed by atoms with van der Waals surface area (Å²) in [5.41, 5.74) is 0. The van der Waals surface area contributed by atoms with E-state index in [1.165, 1.54) is 19.5 Å². The summed E-state index contributed by atoms with van der Waals surface area (Å²) < 4.78 is 0. The average molecular weight is 209 g/mol. The molecular weight excluding hydrogens is 186 g/mol. The molecule has 0 radical (unpaired) electrons. The Morgan fingerprint density at radius 2 is 2.13 bits per heavy atom. The van der Waals surface area contributed by atoms with Crippen molar-refractivity contribution in [3.63, 3.8) is 0 Å². The quantitative estimate of drug-likeness (QED) is 0.601. The van der Waals surface area contributed by atoms with Crippen LogP contribution in [0.1, 0.15) is 39.5 Å². The Balaban J connectivity index is 2.24. The van der Waals surface area contributed by atoms with Crippen molar-refractivity contribution in [3.05, 3.63) is 12.2 Å². The summed E-state index contributed by atoms with van der Waals surface area (Å²) in [5, 5.41) is 0. The van der Waals surface area contributed by atoms with Crippen molar-refractivity contribution in [1.82, 2.24) is 4.90 Å². The number of nitrogens with zero attached hydrogens (tertiary/aromatic N) is 1. The Kier molecular flexibility index (Phi) is 5.62. The summed E-state index contributed by atoms with van der Waals surface area (Å²) in [6, 6.07) is 0. The lowest BCUT2D eigenvalue weighted by Gasteiger charge is -2.29. The Hall–Kier alpha value is -0.630.